The van der Waals surface area contributed by atoms with Crippen molar-refractivity contribution in [2.24, 2.45) is 11.8 Å². The largest absolute Gasteiger partial charge is 0.459 e. The predicted molar refractivity (Wildman–Crippen MR) is 131 cm³/mol. The highest BCUT2D eigenvalue weighted by molar-refractivity contribution is 5.89. The number of rotatable bonds is 11. The van der Waals surface area contributed by atoms with Gasteiger partial charge in [0.15, 0.2) is 0 Å². The quantitative estimate of drug-likeness (QED) is 0.261. The molecular weight excluding hydrogens is 380 g/mol. The molecule has 0 amide bonds. The molecule has 0 aliphatic heterocycles. The van der Waals surface area contributed by atoms with E-state index < -0.39 is 0 Å². The Morgan fingerprint density at radius 3 is 1.77 bits per heavy atom. The Morgan fingerprint density at radius 1 is 0.742 bits per heavy atom. The van der Waals surface area contributed by atoms with Crippen LogP contribution in [0.2, 0.25) is 0 Å². The highest BCUT2D eigenvalue weighted by atomic mass is 16.5. The summed E-state index contributed by atoms with van der Waals surface area (Å²) in [4.78, 5) is 12.6. The van der Waals surface area contributed by atoms with E-state index in [1.165, 1.54) is 95.5 Å². The lowest BCUT2D eigenvalue weighted by molar-refractivity contribution is 0.0161. The molecule has 1 aromatic rings. The Balaban J connectivity index is 1.39. The van der Waals surface area contributed by atoms with Gasteiger partial charge in [0.05, 0.1) is 5.56 Å². The van der Waals surface area contributed by atoms with Gasteiger partial charge >= 0.3 is 5.97 Å². The Kier molecular flexibility index (Phi) is 10.4. The SMILES string of the molecule is CCCCCC1CCC(OC(=O)c2ccc(C3CCC(CCCCC)CC3)cc2)CC1. The van der Waals surface area contributed by atoms with Crippen LogP contribution in [0.4, 0.5) is 0 Å². The zero-order chi connectivity index (χ0) is 21.9. The topological polar surface area (TPSA) is 26.3 Å². The van der Waals surface area contributed by atoms with Crippen LogP contribution in [0.25, 0.3) is 0 Å². The lowest BCUT2D eigenvalue weighted by Crippen LogP contribution is -2.24. The van der Waals surface area contributed by atoms with Crippen molar-refractivity contribution in [1.82, 2.24) is 0 Å². The number of benzene rings is 1. The summed E-state index contributed by atoms with van der Waals surface area (Å²) < 4.78 is 5.86. The van der Waals surface area contributed by atoms with Gasteiger partial charge in [0.2, 0.25) is 0 Å². The number of carbonyl (C=O) groups is 1. The molecule has 0 N–H and O–H groups in total. The van der Waals surface area contributed by atoms with Crippen molar-refractivity contribution in [3.05, 3.63) is 35.4 Å². The fourth-order valence-electron chi connectivity index (χ4n) is 5.80. The number of unbranched alkanes of at least 4 members (excludes halogenated alkanes) is 4. The van der Waals surface area contributed by atoms with E-state index in [2.05, 4.69) is 26.0 Å². The standard InChI is InChI=1S/C29H46O2/c1-3-5-7-9-23-11-15-25(16-12-23)26-17-19-27(20-18-26)29(30)31-28-21-13-24(14-22-28)10-8-6-4-2/h17-20,23-25,28H,3-16,21-22H2,1-2H3. The van der Waals surface area contributed by atoms with Crippen molar-refractivity contribution in [3.63, 3.8) is 0 Å². The van der Waals surface area contributed by atoms with Crippen LogP contribution >= 0.6 is 0 Å². The molecular formula is C29H46O2. The molecule has 2 aliphatic carbocycles. The highest BCUT2D eigenvalue weighted by Crippen LogP contribution is 2.38. The van der Waals surface area contributed by atoms with Gasteiger partial charge in [0, 0.05) is 0 Å². The van der Waals surface area contributed by atoms with E-state index in [-0.39, 0.29) is 12.1 Å². The van der Waals surface area contributed by atoms with Crippen LogP contribution in [0, 0.1) is 11.8 Å². The van der Waals surface area contributed by atoms with Gasteiger partial charge in [0.25, 0.3) is 0 Å². The summed E-state index contributed by atoms with van der Waals surface area (Å²) in [6.45, 7) is 4.55. The third kappa shape index (κ3) is 7.95. The first-order valence-electron chi connectivity index (χ1n) is 13.5. The molecule has 0 heterocycles. The average Bonchev–Trinajstić information content (AvgIpc) is 2.81. The Morgan fingerprint density at radius 2 is 1.26 bits per heavy atom. The smallest absolute Gasteiger partial charge is 0.338 e. The predicted octanol–water partition coefficient (Wildman–Crippen LogP) is 8.84. The molecule has 0 radical (unpaired) electrons. The second-order valence-electron chi connectivity index (χ2n) is 10.4. The Labute approximate surface area is 191 Å². The minimum absolute atomic E-state index is 0.123. The lowest BCUT2D eigenvalue weighted by Gasteiger charge is -2.29. The summed E-state index contributed by atoms with van der Waals surface area (Å²) in [5.74, 6) is 2.34. The van der Waals surface area contributed by atoms with Crippen LogP contribution in [0.5, 0.6) is 0 Å². The van der Waals surface area contributed by atoms with Gasteiger partial charge in [-0.05, 0) is 86.8 Å². The van der Waals surface area contributed by atoms with Crippen LogP contribution in [0.1, 0.15) is 138 Å². The second kappa shape index (κ2) is 13.3. The molecule has 174 valence electrons. The minimum atomic E-state index is -0.124. The summed E-state index contributed by atoms with van der Waals surface area (Å²) in [6.07, 6.45) is 20.9. The van der Waals surface area contributed by atoms with Crippen LogP contribution < -0.4 is 0 Å². The molecule has 0 unspecified atom stereocenters. The number of esters is 1. The fraction of sp³-hybridized carbons (Fsp3) is 0.759. The molecule has 2 nitrogen and oxygen atoms in total. The summed E-state index contributed by atoms with van der Waals surface area (Å²) in [6, 6.07) is 8.37. The molecule has 0 bridgehead atoms. The number of carbonyl (C=O) groups excluding carboxylic acids is 1. The molecule has 3 rings (SSSR count). The molecule has 2 aliphatic rings. The molecule has 0 spiro atoms. The minimum Gasteiger partial charge on any atom is -0.459 e. The van der Waals surface area contributed by atoms with E-state index in [1.54, 1.807) is 0 Å². The molecule has 1 aromatic carbocycles. The molecule has 31 heavy (non-hydrogen) atoms. The summed E-state index contributed by atoms with van der Waals surface area (Å²) in [7, 11) is 0. The maximum absolute atomic E-state index is 12.6. The number of ether oxygens (including phenoxy) is 1. The van der Waals surface area contributed by atoms with Crippen LogP contribution in [0.15, 0.2) is 24.3 Å². The van der Waals surface area contributed by atoms with Crippen molar-refractivity contribution in [2.75, 3.05) is 0 Å². The number of hydrogen-bond donors (Lipinski definition) is 0. The third-order valence-corrected chi connectivity index (χ3v) is 7.96. The van der Waals surface area contributed by atoms with Crippen molar-refractivity contribution >= 4 is 5.97 Å². The number of hydrogen-bond acceptors (Lipinski definition) is 2. The lowest BCUT2D eigenvalue weighted by atomic mass is 9.77. The van der Waals surface area contributed by atoms with Crippen molar-refractivity contribution in [1.29, 1.82) is 0 Å². The summed E-state index contributed by atoms with van der Waals surface area (Å²) in [5.41, 5.74) is 2.14. The van der Waals surface area contributed by atoms with Crippen molar-refractivity contribution in [3.8, 4) is 0 Å². The van der Waals surface area contributed by atoms with Crippen molar-refractivity contribution in [2.45, 2.75) is 129 Å². The van der Waals surface area contributed by atoms with Crippen LogP contribution in [-0.4, -0.2) is 12.1 Å². The van der Waals surface area contributed by atoms with Crippen molar-refractivity contribution < 1.29 is 9.53 Å². The summed E-state index contributed by atoms with van der Waals surface area (Å²) in [5, 5.41) is 0. The first kappa shape index (κ1) is 24.3. The maximum atomic E-state index is 12.6. The molecule has 2 saturated carbocycles. The molecule has 2 fully saturated rings. The van der Waals surface area contributed by atoms with Crippen LogP contribution in [-0.2, 0) is 4.74 Å². The first-order chi connectivity index (χ1) is 15.2. The van der Waals surface area contributed by atoms with Gasteiger partial charge in [-0.2, -0.15) is 0 Å². The molecule has 2 heteroatoms. The molecule has 0 aromatic heterocycles. The maximum Gasteiger partial charge on any atom is 0.338 e. The Bertz CT molecular complexity index is 619. The van der Waals surface area contributed by atoms with E-state index in [0.29, 0.717) is 5.92 Å². The van der Waals surface area contributed by atoms with Gasteiger partial charge in [-0.1, -0.05) is 77.3 Å². The Hall–Kier alpha value is -1.31. The average molecular weight is 427 g/mol. The summed E-state index contributed by atoms with van der Waals surface area (Å²) >= 11 is 0. The van der Waals surface area contributed by atoms with E-state index in [4.69, 9.17) is 4.74 Å². The van der Waals surface area contributed by atoms with E-state index >= 15 is 0 Å². The van der Waals surface area contributed by atoms with E-state index in [0.717, 1.165) is 30.2 Å². The van der Waals surface area contributed by atoms with Gasteiger partial charge in [0.1, 0.15) is 6.10 Å². The van der Waals surface area contributed by atoms with Gasteiger partial charge in [-0.25, -0.2) is 4.79 Å². The van der Waals surface area contributed by atoms with E-state index in [1.807, 2.05) is 12.1 Å². The fourth-order valence-corrected chi connectivity index (χ4v) is 5.80. The zero-order valence-corrected chi connectivity index (χ0v) is 20.2. The zero-order valence-electron chi connectivity index (χ0n) is 20.2. The van der Waals surface area contributed by atoms with Gasteiger partial charge in [-0.15, -0.1) is 0 Å². The highest BCUT2D eigenvalue weighted by Gasteiger charge is 2.25. The molecule has 0 saturated heterocycles. The van der Waals surface area contributed by atoms with Crippen LogP contribution in [0.3, 0.4) is 0 Å². The van der Waals surface area contributed by atoms with Gasteiger partial charge < -0.3 is 4.74 Å². The first-order valence-corrected chi connectivity index (χ1v) is 13.5. The molecule has 0 atom stereocenters. The van der Waals surface area contributed by atoms with E-state index in [9.17, 15) is 4.79 Å². The second-order valence-corrected chi connectivity index (χ2v) is 10.4. The third-order valence-electron chi connectivity index (χ3n) is 7.96. The normalized spacial score (nSPS) is 26.5. The van der Waals surface area contributed by atoms with Gasteiger partial charge in [-0.3, -0.25) is 0 Å². The monoisotopic (exact) mass is 426 g/mol.